The van der Waals surface area contributed by atoms with E-state index in [9.17, 15) is 4.79 Å². The summed E-state index contributed by atoms with van der Waals surface area (Å²) < 4.78 is 4.39. The summed E-state index contributed by atoms with van der Waals surface area (Å²) in [7, 11) is 1.28. The number of methoxy groups -OCH3 is 1. The van der Waals surface area contributed by atoms with Gasteiger partial charge >= 0.3 is 5.97 Å². The summed E-state index contributed by atoms with van der Waals surface area (Å²) in [5, 5.41) is 0. The molecule has 0 aliphatic carbocycles. The molecule has 0 aliphatic rings. The number of hydrazine groups is 1. The van der Waals surface area contributed by atoms with E-state index in [1.54, 1.807) is 6.92 Å². The van der Waals surface area contributed by atoms with E-state index in [1.807, 2.05) is 0 Å². The third-order valence-electron chi connectivity index (χ3n) is 1.02. The molecule has 64 valence electrons. The van der Waals surface area contributed by atoms with Crippen molar-refractivity contribution in [2.75, 3.05) is 7.11 Å². The summed E-state index contributed by atoms with van der Waals surface area (Å²) >= 11 is 0. The Labute approximate surface area is 64.6 Å². The number of guanidine groups is 1. The summed E-state index contributed by atoms with van der Waals surface area (Å²) in [4.78, 5) is 14.4. The number of nitrogens with one attached hydrogen (secondary N) is 1. The predicted molar refractivity (Wildman–Crippen MR) is 40.4 cm³/mol. The van der Waals surface area contributed by atoms with E-state index >= 15 is 0 Å². The lowest BCUT2D eigenvalue weighted by Crippen LogP contribution is -2.38. The molecule has 0 radical (unpaired) electrons. The smallest absolute Gasteiger partial charge is 0.330 e. The first kappa shape index (κ1) is 9.70. The summed E-state index contributed by atoms with van der Waals surface area (Å²) in [6.45, 7) is 1.55. The first-order valence-electron chi connectivity index (χ1n) is 2.99. The van der Waals surface area contributed by atoms with Crippen LogP contribution in [-0.2, 0) is 9.53 Å². The molecule has 0 aromatic heterocycles. The first-order chi connectivity index (χ1) is 5.11. The Bertz CT molecular complexity index is 168. The maximum atomic E-state index is 10.7. The molecular formula is C5H12N4O2. The van der Waals surface area contributed by atoms with Gasteiger partial charge in [-0.25, -0.2) is 15.6 Å². The van der Waals surface area contributed by atoms with Crippen molar-refractivity contribution in [3.8, 4) is 0 Å². The number of aliphatic imine (C=N–C) groups is 1. The molecule has 6 heteroatoms. The number of hydrogen-bond acceptors (Lipinski definition) is 4. The van der Waals surface area contributed by atoms with Crippen LogP contribution in [0.25, 0.3) is 0 Å². The average molecular weight is 160 g/mol. The van der Waals surface area contributed by atoms with Crippen molar-refractivity contribution in [3.63, 3.8) is 0 Å². The van der Waals surface area contributed by atoms with E-state index in [4.69, 9.17) is 11.6 Å². The van der Waals surface area contributed by atoms with Crippen molar-refractivity contribution >= 4 is 11.9 Å². The molecule has 0 fully saturated rings. The van der Waals surface area contributed by atoms with Crippen LogP contribution in [0, 0.1) is 0 Å². The Morgan fingerprint density at radius 1 is 1.73 bits per heavy atom. The monoisotopic (exact) mass is 160 g/mol. The highest BCUT2D eigenvalue weighted by molar-refractivity contribution is 5.82. The van der Waals surface area contributed by atoms with Gasteiger partial charge in [0.25, 0.3) is 0 Å². The third kappa shape index (κ3) is 3.41. The minimum Gasteiger partial charge on any atom is -0.467 e. The van der Waals surface area contributed by atoms with Gasteiger partial charge < -0.3 is 10.5 Å². The van der Waals surface area contributed by atoms with Crippen LogP contribution in [0.4, 0.5) is 0 Å². The zero-order valence-electron chi connectivity index (χ0n) is 6.50. The molecular weight excluding hydrogens is 148 g/mol. The molecule has 0 aromatic carbocycles. The van der Waals surface area contributed by atoms with Crippen molar-refractivity contribution in [1.82, 2.24) is 5.43 Å². The second-order valence-corrected chi connectivity index (χ2v) is 1.86. The van der Waals surface area contributed by atoms with Gasteiger partial charge in [0, 0.05) is 0 Å². The molecule has 0 rings (SSSR count). The number of nitrogens with zero attached hydrogens (tertiary/aromatic N) is 1. The zero-order valence-corrected chi connectivity index (χ0v) is 6.50. The standard InChI is InChI=1S/C5H12N4O2/c1-3(4(10)11-2)8-5(6)9-7/h3H,7H2,1-2H3,(H3,6,8,9). The zero-order chi connectivity index (χ0) is 8.85. The summed E-state index contributed by atoms with van der Waals surface area (Å²) in [6.07, 6.45) is 0. The third-order valence-corrected chi connectivity index (χ3v) is 1.02. The lowest BCUT2D eigenvalue weighted by molar-refractivity contribution is -0.141. The molecule has 0 aliphatic heterocycles. The van der Waals surface area contributed by atoms with Gasteiger partial charge in [0.2, 0.25) is 5.96 Å². The van der Waals surface area contributed by atoms with E-state index in [-0.39, 0.29) is 5.96 Å². The molecule has 11 heavy (non-hydrogen) atoms. The Kier molecular flexibility index (Phi) is 3.97. The Morgan fingerprint density at radius 2 is 2.27 bits per heavy atom. The highest BCUT2D eigenvalue weighted by atomic mass is 16.5. The van der Waals surface area contributed by atoms with Crippen molar-refractivity contribution in [2.24, 2.45) is 16.6 Å². The maximum absolute atomic E-state index is 10.7. The second-order valence-electron chi connectivity index (χ2n) is 1.86. The van der Waals surface area contributed by atoms with E-state index in [0.29, 0.717) is 0 Å². The van der Waals surface area contributed by atoms with E-state index < -0.39 is 12.0 Å². The summed E-state index contributed by atoms with van der Waals surface area (Å²) in [5.74, 6) is 4.45. The Morgan fingerprint density at radius 3 is 2.64 bits per heavy atom. The van der Waals surface area contributed by atoms with Crippen molar-refractivity contribution in [1.29, 1.82) is 0 Å². The molecule has 0 amide bonds. The van der Waals surface area contributed by atoms with Gasteiger partial charge in [-0.05, 0) is 6.92 Å². The quantitative estimate of drug-likeness (QED) is 0.147. The van der Waals surface area contributed by atoms with Crippen molar-refractivity contribution in [3.05, 3.63) is 0 Å². The van der Waals surface area contributed by atoms with Crippen LogP contribution in [0.3, 0.4) is 0 Å². The average Bonchev–Trinajstić information content (AvgIpc) is 2.02. The molecule has 1 unspecified atom stereocenters. The summed E-state index contributed by atoms with van der Waals surface area (Å²) in [5.41, 5.74) is 7.27. The van der Waals surface area contributed by atoms with Crippen LogP contribution in [0.2, 0.25) is 0 Å². The number of ether oxygens (including phenoxy) is 1. The van der Waals surface area contributed by atoms with Crippen LogP contribution in [-0.4, -0.2) is 25.1 Å². The van der Waals surface area contributed by atoms with E-state index in [1.165, 1.54) is 7.11 Å². The lowest BCUT2D eigenvalue weighted by atomic mass is 10.4. The topological polar surface area (TPSA) is 103 Å². The first-order valence-corrected chi connectivity index (χ1v) is 2.99. The van der Waals surface area contributed by atoms with Crippen molar-refractivity contribution in [2.45, 2.75) is 13.0 Å². The second kappa shape index (κ2) is 4.51. The molecule has 0 saturated carbocycles. The fourth-order valence-electron chi connectivity index (χ4n) is 0.469. The molecule has 6 nitrogen and oxygen atoms in total. The fourth-order valence-corrected chi connectivity index (χ4v) is 0.469. The SMILES string of the molecule is COC(=O)C(C)N=C(N)NN. The lowest BCUT2D eigenvalue weighted by Gasteiger charge is -2.04. The number of rotatable bonds is 2. The highest BCUT2D eigenvalue weighted by Crippen LogP contribution is 1.90. The largest absolute Gasteiger partial charge is 0.467 e. The number of carbonyl (C=O) groups excluding carboxylic acids is 1. The minimum absolute atomic E-state index is 0.00269. The van der Waals surface area contributed by atoms with Crippen LogP contribution in [0.5, 0.6) is 0 Å². The number of nitrogens with two attached hydrogens (primary N) is 2. The van der Waals surface area contributed by atoms with Crippen LogP contribution in [0.1, 0.15) is 6.92 Å². The molecule has 0 bridgehead atoms. The van der Waals surface area contributed by atoms with Crippen LogP contribution in [0.15, 0.2) is 4.99 Å². The van der Waals surface area contributed by atoms with Gasteiger partial charge in [0.05, 0.1) is 7.11 Å². The maximum Gasteiger partial charge on any atom is 0.330 e. The van der Waals surface area contributed by atoms with Gasteiger partial charge in [-0.2, -0.15) is 0 Å². The summed E-state index contributed by atoms with van der Waals surface area (Å²) in [6, 6.07) is -0.629. The molecule has 5 N–H and O–H groups in total. The van der Waals surface area contributed by atoms with Crippen molar-refractivity contribution < 1.29 is 9.53 Å². The highest BCUT2D eigenvalue weighted by Gasteiger charge is 2.10. The van der Waals surface area contributed by atoms with Gasteiger partial charge in [0.15, 0.2) is 0 Å². The minimum atomic E-state index is -0.629. The molecule has 0 aromatic rings. The number of hydrogen-bond donors (Lipinski definition) is 3. The Balaban J connectivity index is 4.04. The number of esters is 1. The molecule has 0 spiro atoms. The molecule has 0 heterocycles. The van der Waals surface area contributed by atoms with Crippen LogP contribution < -0.4 is 17.0 Å². The van der Waals surface area contributed by atoms with Gasteiger partial charge in [-0.3, -0.25) is 5.43 Å². The van der Waals surface area contributed by atoms with Crippen LogP contribution >= 0.6 is 0 Å². The Hall–Kier alpha value is -1.30. The van der Waals surface area contributed by atoms with Gasteiger partial charge in [-0.15, -0.1) is 0 Å². The molecule has 0 saturated heterocycles. The van der Waals surface area contributed by atoms with E-state index in [2.05, 4.69) is 15.2 Å². The number of carbonyl (C=O) groups is 1. The van der Waals surface area contributed by atoms with Gasteiger partial charge in [0.1, 0.15) is 6.04 Å². The van der Waals surface area contributed by atoms with E-state index in [0.717, 1.165) is 0 Å². The predicted octanol–water partition coefficient (Wildman–Crippen LogP) is -1.67. The molecule has 1 atom stereocenters. The fraction of sp³-hybridized carbons (Fsp3) is 0.600. The van der Waals surface area contributed by atoms with Gasteiger partial charge in [-0.1, -0.05) is 0 Å². The normalized spacial score (nSPS) is 13.9.